The largest absolute Gasteiger partial charge is 0.550 e. The van der Waals surface area contributed by atoms with Crippen molar-refractivity contribution in [3.63, 3.8) is 0 Å². The molecule has 0 amide bonds. The SMILES string of the molecule is CN(CCC(=O)[O-])c1ccc(C2N(C)c3ccccc3N2C)cc1. The van der Waals surface area contributed by atoms with E-state index in [0.717, 1.165) is 5.69 Å². The zero-order chi connectivity index (χ0) is 17.3. The summed E-state index contributed by atoms with van der Waals surface area (Å²) < 4.78 is 0. The number of nitrogens with zero attached hydrogens (tertiary/aromatic N) is 3. The fraction of sp³-hybridized carbons (Fsp3) is 0.316. The van der Waals surface area contributed by atoms with Gasteiger partial charge in [-0.25, -0.2) is 0 Å². The molecule has 0 spiro atoms. The van der Waals surface area contributed by atoms with Gasteiger partial charge in [-0.05, 0) is 29.8 Å². The topological polar surface area (TPSA) is 49.9 Å². The number of carbonyl (C=O) groups is 1. The molecule has 5 heteroatoms. The first kappa shape index (κ1) is 16.2. The lowest BCUT2D eigenvalue weighted by atomic mass is 10.1. The molecule has 0 radical (unpaired) electrons. The molecule has 0 aromatic heterocycles. The minimum absolute atomic E-state index is 0.0294. The minimum Gasteiger partial charge on any atom is -0.550 e. The Kier molecular flexibility index (Phi) is 4.34. The van der Waals surface area contributed by atoms with Gasteiger partial charge in [0.25, 0.3) is 0 Å². The molecule has 5 nitrogen and oxygen atoms in total. The Morgan fingerprint density at radius 3 is 2.08 bits per heavy atom. The summed E-state index contributed by atoms with van der Waals surface area (Å²) >= 11 is 0. The maximum absolute atomic E-state index is 10.6. The Balaban J connectivity index is 1.78. The molecular formula is C19H22N3O2-. The van der Waals surface area contributed by atoms with Gasteiger partial charge in [0.15, 0.2) is 0 Å². The Morgan fingerprint density at radius 2 is 1.58 bits per heavy atom. The van der Waals surface area contributed by atoms with Crippen molar-refractivity contribution in [3.05, 3.63) is 54.1 Å². The van der Waals surface area contributed by atoms with Crippen molar-refractivity contribution in [1.29, 1.82) is 0 Å². The number of carboxylic acids is 1. The highest BCUT2D eigenvalue weighted by atomic mass is 16.4. The van der Waals surface area contributed by atoms with Crippen LogP contribution in [-0.2, 0) is 4.79 Å². The highest BCUT2D eigenvalue weighted by Crippen LogP contribution is 2.44. The number of rotatable bonds is 5. The normalized spacial score (nSPS) is 14.0. The summed E-state index contributed by atoms with van der Waals surface area (Å²) in [7, 11) is 6.10. The lowest BCUT2D eigenvalue weighted by Crippen LogP contribution is -2.30. The fourth-order valence-corrected chi connectivity index (χ4v) is 3.32. The van der Waals surface area contributed by atoms with Gasteiger partial charge in [0.05, 0.1) is 11.4 Å². The molecule has 0 unspecified atom stereocenters. The van der Waals surface area contributed by atoms with Crippen molar-refractivity contribution < 1.29 is 9.90 Å². The van der Waals surface area contributed by atoms with Crippen LogP contribution in [0, 0.1) is 0 Å². The quantitative estimate of drug-likeness (QED) is 0.840. The molecule has 0 aliphatic carbocycles. The van der Waals surface area contributed by atoms with E-state index >= 15 is 0 Å². The van der Waals surface area contributed by atoms with Crippen LogP contribution in [0.4, 0.5) is 17.1 Å². The Morgan fingerprint density at radius 1 is 1.04 bits per heavy atom. The van der Waals surface area contributed by atoms with E-state index in [0.29, 0.717) is 6.54 Å². The molecule has 126 valence electrons. The van der Waals surface area contributed by atoms with E-state index in [1.807, 2.05) is 24.1 Å². The van der Waals surface area contributed by atoms with Crippen LogP contribution in [-0.4, -0.2) is 33.7 Å². The summed E-state index contributed by atoms with van der Waals surface area (Å²) in [6, 6.07) is 16.7. The second-order valence-electron chi connectivity index (χ2n) is 6.22. The number of anilines is 3. The van der Waals surface area contributed by atoms with Crippen molar-refractivity contribution >= 4 is 23.0 Å². The van der Waals surface area contributed by atoms with Gasteiger partial charge in [-0.3, -0.25) is 0 Å². The summed E-state index contributed by atoms with van der Waals surface area (Å²) in [5.41, 5.74) is 4.65. The first-order valence-electron chi connectivity index (χ1n) is 8.04. The summed E-state index contributed by atoms with van der Waals surface area (Å²) in [6.07, 6.45) is 0.187. The van der Waals surface area contributed by atoms with E-state index in [1.165, 1.54) is 16.9 Å². The van der Waals surface area contributed by atoms with Crippen molar-refractivity contribution in [1.82, 2.24) is 0 Å². The van der Waals surface area contributed by atoms with E-state index in [4.69, 9.17) is 0 Å². The Hall–Kier alpha value is -2.69. The average Bonchev–Trinajstić information content (AvgIpc) is 2.84. The number of aliphatic carboxylic acids is 1. The maximum Gasteiger partial charge on any atom is 0.128 e. The second-order valence-corrected chi connectivity index (χ2v) is 6.22. The van der Waals surface area contributed by atoms with Crippen molar-refractivity contribution in [2.45, 2.75) is 12.6 Å². The molecule has 0 bridgehead atoms. The maximum atomic E-state index is 10.6. The zero-order valence-corrected chi connectivity index (χ0v) is 14.3. The van der Waals surface area contributed by atoms with Crippen LogP contribution in [0.1, 0.15) is 18.2 Å². The van der Waals surface area contributed by atoms with Crippen molar-refractivity contribution in [3.8, 4) is 0 Å². The predicted molar refractivity (Wildman–Crippen MR) is 95.3 cm³/mol. The predicted octanol–water partition coefficient (Wildman–Crippen LogP) is 1.85. The number of hydrogen-bond donors (Lipinski definition) is 0. The molecule has 0 fully saturated rings. The van der Waals surface area contributed by atoms with Gasteiger partial charge in [0, 0.05) is 45.8 Å². The molecule has 3 rings (SSSR count). The first-order valence-corrected chi connectivity index (χ1v) is 8.04. The molecule has 0 saturated heterocycles. The number of para-hydroxylation sites is 2. The average molecular weight is 324 g/mol. The summed E-state index contributed by atoms with van der Waals surface area (Å²) in [4.78, 5) is 17.1. The van der Waals surface area contributed by atoms with E-state index < -0.39 is 5.97 Å². The monoisotopic (exact) mass is 324 g/mol. The van der Waals surface area contributed by atoms with E-state index in [-0.39, 0.29) is 12.6 Å². The van der Waals surface area contributed by atoms with Crippen LogP contribution in [0.3, 0.4) is 0 Å². The van der Waals surface area contributed by atoms with Crippen LogP contribution < -0.4 is 19.8 Å². The highest BCUT2D eigenvalue weighted by Gasteiger charge is 2.31. The van der Waals surface area contributed by atoms with Crippen LogP contribution in [0.25, 0.3) is 0 Å². The van der Waals surface area contributed by atoms with Gasteiger partial charge in [0.2, 0.25) is 0 Å². The third-order valence-electron chi connectivity index (χ3n) is 4.66. The molecule has 1 aliphatic heterocycles. The van der Waals surface area contributed by atoms with Crippen LogP contribution in [0.2, 0.25) is 0 Å². The molecule has 0 N–H and O–H groups in total. The van der Waals surface area contributed by atoms with Gasteiger partial charge in [-0.2, -0.15) is 0 Å². The number of carboxylic acid groups (broad SMARTS) is 1. The van der Waals surface area contributed by atoms with Crippen LogP contribution >= 0.6 is 0 Å². The Bertz CT molecular complexity index is 701. The van der Waals surface area contributed by atoms with Crippen molar-refractivity contribution in [2.75, 3.05) is 42.4 Å². The molecular weight excluding hydrogens is 302 g/mol. The highest BCUT2D eigenvalue weighted by molar-refractivity contribution is 5.77. The lowest BCUT2D eigenvalue weighted by Gasteiger charge is -2.29. The molecule has 2 aromatic carbocycles. The van der Waals surface area contributed by atoms with E-state index in [9.17, 15) is 9.90 Å². The van der Waals surface area contributed by atoms with Gasteiger partial charge in [-0.15, -0.1) is 0 Å². The van der Waals surface area contributed by atoms with Gasteiger partial charge >= 0.3 is 0 Å². The second kappa shape index (κ2) is 6.43. The molecule has 24 heavy (non-hydrogen) atoms. The van der Waals surface area contributed by atoms with E-state index in [1.54, 1.807) is 0 Å². The first-order chi connectivity index (χ1) is 11.5. The van der Waals surface area contributed by atoms with E-state index in [2.05, 4.69) is 60.3 Å². The van der Waals surface area contributed by atoms with Crippen molar-refractivity contribution in [2.24, 2.45) is 0 Å². The van der Waals surface area contributed by atoms with Gasteiger partial charge in [0.1, 0.15) is 6.17 Å². The third-order valence-corrected chi connectivity index (χ3v) is 4.66. The zero-order valence-electron chi connectivity index (χ0n) is 14.3. The molecule has 2 aromatic rings. The summed E-state index contributed by atoms with van der Waals surface area (Å²) in [5.74, 6) is -1.02. The number of benzene rings is 2. The lowest BCUT2D eigenvalue weighted by molar-refractivity contribution is -0.305. The molecule has 1 heterocycles. The molecule has 0 saturated carbocycles. The summed E-state index contributed by atoms with van der Waals surface area (Å²) in [6.45, 7) is 0.441. The standard InChI is InChI=1S/C19H23N3O2/c1-20(13-12-18(23)24)15-10-8-14(9-11-15)19-21(2)16-6-4-5-7-17(16)22(19)3/h4-11,19H,12-13H2,1-3H3,(H,23,24)/p-1. The summed E-state index contributed by atoms with van der Waals surface area (Å²) in [5, 5.41) is 10.6. The number of carbonyl (C=O) groups excluding carboxylic acids is 1. The number of hydrogen-bond acceptors (Lipinski definition) is 5. The number of fused-ring (bicyclic) bond motifs is 1. The van der Waals surface area contributed by atoms with Crippen LogP contribution in [0.15, 0.2) is 48.5 Å². The molecule has 0 atom stereocenters. The third kappa shape index (κ3) is 2.89. The molecule has 1 aliphatic rings. The van der Waals surface area contributed by atoms with Crippen LogP contribution in [0.5, 0.6) is 0 Å². The van der Waals surface area contributed by atoms with Gasteiger partial charge < -0.3 is 24.6 Å². The van der Waals surface area contributed by atoms with Gasteiger partial charge in [-0.1, -0.05) is 24.3 Å². The Labute approximate surface area is 142 Å². The fourth-order valence-electron chi connectivity index (χ4n) is 3.32. The minimum atomic E-state index is -1.02. The smallest absolute Gasteiger partial charge is 0.128 e.